The zero-order chi connectivity index (χ0) is 10.4. The summed E-state index contributed by atoms with van der Waals surface area (Å²) in [6.07, 6.45) is 8.36. The number of hydrogen-bond donors (Lipinski definition) is 0. The highest BCUT2D eigenvalue weighted by Crippen LogP contribution is 2.22. The molecule has 1 unspecified atom stereocenters. The van der Waals surface area contributed by atoms with Gasteiger partial charge in [-0.2, -0.15) is 0 Å². The van der Waals surface area contributed by atoms with E-state index in [1.165, 1.54) is 51.6 Å². The Balaban J connectivity index is 2.39. The summed E-state index contributed by atoms with van der Waals surface area (Å²) in [6.45, 7) is 9.74. The molecule has 84 valence electrons. The number of piperidine rings is 1. The van der Waals surface area contributed by atoms with Crippen molar-refractivity contribution in [2.75, 3.05) is 13.1 Å². The summed E-state index contributed by atoms with van der Waals surface area (Å²) in [5.74, 6) is 0.931. The Morgan fingerprint density at radius 3 is 2.36 bits per heavy atom. The minimum absolute atomic E-state index is 0.882. The van der Waals surface area contributed by atoms with Crippen LogP contribution in [0.4, 0.5) is 0 Å². The van der Waals surface area contributed by atoms with Crippen LogP contribution < -0.4 is 0 Å². The van der Waals surface area contributed by atoms with E-state index in [0.717, 1.165) is 12.0 Å². The molecule has 1 fully saturated rings. The van der Waals surface area contributed by atoms with Crippen molar-refractivity contribution in [2.24, 2.45) is 5.92 Å². The van der Waals surface area contributed by atoms with E-state index in [4.69, 9.17) is 0 Å². The molecular formula is C13H27N. The van der Waals surface area contributed by atoms with Gasteiger partial charge in [0.1, 0.15) is 0 Å². The van der Waals surface area contributed by atoms with Gasteiger partial charge in [0.2, 0.25) is 0 Å². The molecule has 1 rings (SSSR count). The first-order valence-electron chi connectivity index (χ1n) is 6.52. The lowest BCUT2D eigenvalue weighted by Gasteiger charge is -2.37. The fourth-order valence-corrected chi connectivity index (χ4v) is 2.73. The van der Waals surface area contributed by atoms with Crippen LogP contribution in [0.1, 0.15) is 59.3 Å². The Kier molecular flexibility index (Phi) is 5.54. The largest absolute Gasteiger partial charge is 0.300 e. The average molecular weight is 197 g/mol. The summed E-state index contributed by atoms with van der Waals surface area (Å²) in [7, 11) is 0. The summed E-state index contributed by atoms with van der Waals surface area (Å²) in [6, 6.07) is 0.882. The van der Waals surface area contributed by atoms with Crippen LogP contribution in [0, 0.1) is 5.92 Å². The average Bonchev–Trinajstić information content (AvgIpc) is 2.17. The molecule has 1 heterocycles. The van der Waals surface area contributed by atoms with Gasteiger partial charge in [0.25, 0.3) is 0 Å². The van der Waals surface area contributed by atoms with Crippen LogP contribution in [0.5, 0.6) is 0 Å². The van der Waals surface area contributed by atoms with Crippen LogP contribution in [-0.2, 0) is 0 Å². The van der Waals surface area contributed by atoms with Crippen molar-refractivity contribution >= 4 is 0 Å². The van der Waals surface area contributed by atoms with Gasteiger partial charge in [0, 0.05) is 12.6 Å². The highest BCUT2D eigenvalue weighted by Gasteiger charge is 2.22. The van der Waals surface area contributed by atoms with Crippen molar-refractivity contribution in [3.63, 3.8) is 0 Å². The lowest BCUT2D eigenvalue weighted by molar-refractivity contribution is 0.116. The van der Waals surface area contributed by atoms with Gasteiger partial charge in [0.05, 0.1) is 0 Å². The molecule has 1 nitrogen and oxygen atoms in total. The van der Waals surface area contributed by atoms with Gasteiger partial charge in [-0.3, -0.25) is 0 Å². The van der Waals surface area contributed by atoms with Gasteiger partial charge < -0.3 is 4.90 Å². The number of rotatable bonds is 5. The topological polar surface area (TPSA) is 3.24 Å². The van der Waals surface area contributed by atoms with Crippen LogP contribution in [0.2, 0.25) is 0 Å². The molecule has 0 aromatic carbocycles. The molecule has 0 N–H and O–H groups in total. The Morgan fingerprint density at radius 1 is 1.21 bits per heavy atom. The van der Waals surface area contributed by atoms with Gasteiger partial charge in [-0.1, -0.05) is 33.6 Å². The molecule has 1 aliphatic rings. The molecule has 0 aliphatic carbocycles. The maximum Gasteiger partial charge on any atom is 0.00951 e. The van der Waals surface area contributed by atoms with Crippen molar-refractivity contribution < 1.29 is 0 Å². The molecule has 0 radical (unpaired) electrons. The SMILES string of the molecule is CCCC(CCC)N1CCCC(C)C1. The first kappa shape index (κ1) is 12.0. The van der Waals surface area contributed by atoms with Crippen LogP contribution in [0.3, 0.4) is 0 Å². The van der Waals surface area contributed by atoms with E-state index >= 15 is 0 Å². The Morgan fingerprint density at radius 2 is 1.86 bits per heavy atom. The molecule has 1 saturated heterocycles. The molecule has 0 aromatic heterocycles. The van der Waals surface area contributed by atoms with E-state index in [1.54, 1.807) is 0 Å². The smallest absolute Gasteiger partial charge is 0.00951 e. The summed E-state index contributed by atoms with van der Waals surface area (Å²) >= 11 is 0. The van der Waals surface area contributed by atoms with Gasteiger partial charge in [-0.25, -0.2) is 0 Å². The van der Waals surface area contributed by atoms with E-state index in [2.05, 4.69) is 25.7 Å². The maximum absolute atomic E-state index is 2.75. The monoisotopic (exact) mass is 197 g/mol. The van der Waals surface area contributed by atoms with Gasteiger partial charge in [0.15, 0.2) is 0 Å². The zero-order valence-corrected chi connectivity index (χ0v) is 10.3. The summed E-state index contributed by atoms with van der Waals surface area (Å²) < 4.78 is 0. The Labute approximate surface area is 89.9 Å². The Hall–Kier alpha value is -0.0400. The lowest BCUT2D eigenvalue weighted by Crippen LogP contribution is -2.42. The third-order valence-corrected chi connectivity index (χ3v) is 3.45. The van der Waals surface area contributed by atoms with E-state index in [9.17, 15) is 0 Å². The van der Waals surface area contributed by atoms with E-state index in [1.807, 2.05) is 0 Å². The van der Waals surface area contributed by atoms with Crippen molar-refractivity contribution in [3.8, 4) is 0 Å². The first-order valence-corrected chi connectivity index (χ1v) is 6.52. The van der Waals surface area contributed by atoms with E-state index in [0.29, 0.717) is 0 Å². The third-order valence-electron chi connectivity index (χ3n) is 3.45. The third kappa shape index (κ3) is 3.61. The number of likely N-dealkylation sites (tertiary alicyclic amines) is 1. The highest BCUT2D eigenvalue weighted by atomic mass is 15.2. The first-order chi connectivity index (χ1) is 6.77. The minimum atomic E-state index is 0.882. The maximum atomic E-state index is 2.75. The predicted molar refractivity (Wildman–Crippen MR) is 63.6 cm³/mol. The second-order valence-electron chi connectivity index (χ2n) is 4.97. The van der Waals surface area contributed by atoms with Crippen LogP contribution in [-0.4, -0.2) is 24.0 Å². The molecule has 0 amide bonds. The predicted octanol–water partition coefficient (Wildman–Crippen LogP) is 3.69. The van der Waals surface area contributed by atoms with Crippen molar-refractivity contribution in [1.82, 2.24) is 4.90 Å². The zero-order valence-electron chi connectivity index (χ0n) is 10.3. The normalized spacial score (nSPS) is 24.4. The fourth-order valence-electron chi connectivity index (χ4n) is 2.73. The molecule has 0 bridgehead atoms. The minimum Gasteiger partial charge on any atom is -0.300 e. The quantitative estimate of drug-likeness (QED) is 0.650. The van der Waals surface area contributed by atoms with Crippen LogP contribution >= 0.6 is 0 Å². The standard InChI is InChI=1S/C13H27N/c1-4-7-13(8-5-2)14-10-6-9-12(3)11-14/h12-13H,4-11H2,1-3H3. The molecule has 0 aromatic rings. The number of nitrogens with zero attached hydrogens (tertiary/aromatic N) is 1. The summed E-state index contributed by atoms with van der Waals surface area (Å²) in [4.78, 5) is 2.75. The Bertz CT molecular complexity index is 135. The molecule has 0 spiro atoms. The summed E-state index contributed by atoms with van der Waals surface area (Å²) in [5.41, 5.74) is 0. The van der Waals surface area contributed by atoms with Crippen LogP contribution in [0.15, 0.2) is 0 Å². The van der Waals surface area contributed by atoms with Crippen molar-refractivity contribution in [3.05, 3.63) is 0 Å². The fraction of sp³-hybridized carbons (Fsp3) is 1.00. The molecule has 1 aliphatic heterocycles. The molecular weight excluding hydrogens is 170 g/mol. The highest BCUT2D eigenvalue weighted by molar-refractivity contribution is 4.77. The lowest BCUT2D eigenvalue weighted by atomic mass is 9.96. The van der Waals surface area contributed by atoms with Crippen molar-refractivity contribution in [1.29, 1.82) is 0 Å². The molecule has 1 atom stereocenters. The van der Waals surface area contributed by atoms with Gasteiger partial charge in [-0.15, -0.1) is 0 Å². The van der Waals surface area contributed by atoms with Gasteiger partial charge >= 0.3 is 0 Å². The molecule has 1 heteroatoms. The number of hydrogen-bond acceptors (Lipinski definition) is 1. The van der Waals surface area contributed by atoms with Crippen LogP contribution in [0.25, 0.3) is 0 Å². The molecule has 0 saturated carbocycles. The van der Waals surface area contributed by atoms with E-state index < -0.39 is 0 Å². The summed E-state index contributed by atoms with van der Waals surface area (Å²) in [5, 5.41) is 0. The van der Waals surface area contributed by atoms with E-state index in [-0.39, 0.29) is 0 Å². The second-order valence-corrected chi connectivity index (χ2v) is 4.97. The second kappa shape index (κ2) is 6.44. The van der Waals surface area contributed by atoms with Gasteiger partial charge in [-0.05, 0) is 38.1 Å². The van der Waals surface area contributed by atoms with Crippen molar-refractivity contribution in [2.45, 2.75) is 65.3 Å². The molecule has 14 heavy (non-hydrogen) atoms.